The smallest absolute Gasteiger partial charge is 0.300 e. The summed E-state index contributed by atoms with van der Waals surface area (Å²) < 4.78 is 29.6. The number of methoxy groups -OCH3 is 1. The molecule has 0 heterocycles. The molecule has 17 heavy (non-hydrogen) atoms. The average molecular weight is 236 g/mol. The molecule has 0 aliphatic heterocycles. The van der Waals surface area contributed by atoms with Gasteiger partial charge in [0.25, 0.3) is 0 Å². The van der Waals surface area contributed by atoms with Crippen molar-refractivity contribution >= 4 is 16.6 Å². The minimum absolute atomic E-state index is 0.0146. The van der Waals surface area contributed by atoms with Crippen LogP contribution in [0.1, 0.15) is 10.4 Å². The number of hydrogen-bond donors (Lipinski definition) is 0. The van der Waals surface area contributed by atoms with Crippen molar-refractivity contribution in [2.75, 3.05) is 7.11 Å². The van der Waals surface area contributed by atoms with E-state index in [0.29, 0.717) is 11.1 Å². The van der Waals surface area contributed by atoms with Crippen molar-refractivity contribution in [3.05, 3.63) is 42.0 Å². The first-order chi connectivity index (χ1) is 8.11. The molecule has 0 atom stereocenters. The molecule has 0 bridgehead atoms. The van der Waals surface area contributed by atoms with Crippen molar-refractivity contribution < 1.29 is 18.3 Å². The summed E-state index contributed by atoms with van der Waals surface area (Å²) in [5.74, 6) is -0.533. The van der Waals surface area contributed by atoms with Crippen molar-refractivity contribution in [1.29, 1.82) is 0 Å². The molecule has 0 amide bonds. The number of alkyl halides is 2. The molecule has 0 saturated carbocycles. The van der Waals surface area contributed by atoms with Gasteiger partial charge in [-0.3, -0.25) is 4.79 Å². The van der Waals surface area contributed by atoms with Gasteiger partial charge in [-0.2, -0.15) is 0 Å². The molecule has 0 aliphatic rings. The van der Waals surface area contributed by atoms with Crippen LogP contribution in [0.15, 0.2) is 36.4 Å². The van der Waals surface area contributed by atoms with Crippen LogP contribution < -0.4 is 4.74 Å². The highest BCUT2D eigenvalue weighted by atomic mass is 19.3. The van der Waals surface area contributed by atoms with Crippen LogP contribution in [0, 0.1) is 0 Å². The summed E-state index contributed by atoms with van der Waals surface area (Å²) in [5, 5.41) is 1.58. The van der Waals surface area contributed by atoms with Gasteiger partial charge in [-0.15, -0.1) is 0 Å². The van der Waals surface area contributed by atoms with E-state index in [1.54, 1.807) is 18.2 Å². The molecule has 2 aromatic carbocycles. The summed E-state index contributed by atoms with van der Waals surface area (Å²) in [5.41, 5.74) is 0.0146. The maximum Gasteiger partial charge on any atom is 0.300 e. The van der Waals surface area contributed by atoms with Crippen LogP contribution in [0.3, 0.4) is 0 Å². The molecule has 2 aromatic rings. The maximum absolute atomic E-state index is 12.3. The summed E-state index contributed by atoms with van der Waals surface area (Å²) in [4.78, 5) is 11.2. The first-order valence-electron chi connectivity index (χ1n) is 5.02. The minimum atomic E-state index is -2.97. The summed E-state index contributed by atoms with van der Waals surface area (Å²) in [6, 6.07) is 9.79. The Hall–Kier alpha value is -1.97. The van der Waals surface area contributed by atoms with E-state index in [2.05, 4.69) is 0 Å². The Labute approximate surface area is 96.8 Å². The topological polar surface area (TPSA) is 26.3 Å². The number of fused-ring (bicyclic) bond motifs is 1. The van der Waals surface area contributed by atoms with Gasteiger partial charge in [-0.05, 0) is 29.0 Å². The van der Waals surface area contributed by atoms with E-state index in [-0.39, 0.29) is 5.56 Å². The van der Waals surface area contributed by atoms with Gasteiger partial charge >= 0.3 is 6.43 Å². The van der Waals surface area contributed by atoms with Crippen molar-refractivity contribution in [1.82, 2.24) is 0 Å². The van der Waals surface area contributed by atoms with Gasteiger partial charge in [0, 0.05) is 5.56 Å². The lowest BCUT2D eigenvalue weighted by molar-refractivity contribution is 0.0679. The van der Waals surface area contributed by atoms with Crippen molar-refractivity contribution in [3.63, 3.8) is 0 Å². The van der Waals surface area contributed by atoms with E-state index in [1.165, 1.54) is 19.2 Å². The Bertz CT molecular complexity index is 564. The van der Waals surface area contributed by atoms with E-state index < -0.39 is 12.2 Å². The average Bonchev–Trinajstić information content (AvgIpc) is 2.36. The summed E-state index contributed by atoms with van der Waals surface area (Å²) >= 11 is 0. The number of hydrogen-bond acceptors (Lipinski definition) is 2. The van der Waals surface area contributed by atoms with Crippen LogP contribution in [0.2, 0.25) is 0 Å². The van der Waals surface area contributed by atoms with E-state index in [9.17, 15) is 13.6 Å². The maximum atomic E-state index is 12.3. The zero-order valence-electron chi connectivity index (χ0n) is 9.11. The molecule has 0 aromatic heterocycles. The first-order valence-corrected chi connectivity index (χ1v) is 5.02. The monoisotopic (exact) mass is 236 g/mol. The van der Waals surface area contributed by atoms with E-state index in [0.717, 1.165) is 5.39 Å². The fraction of sp³-hybridized carbons (Fsp3) is 0.154. The molecular weight excluding hydrogens is 226 g/mol. The zero-order chi connectivity index (χ0) is 12.4. The van der Waals surface area contributed by atoms with Gasteiger partial charge in [-0.25, -0.2) is 8.78 Å². The second-order valence-electron chi connectivity index (χ2n) is 3.59. The molecule has 0 saturated heterocycles. The molecule has 2 rings (SSSR count). The Morgan fingerprint density at radius 1 is 1.12 bits per heavy atom. The Balaban J connectivity index is 2.51. The zero-order valence-corrected chi connectivity index (χ0v) is 9.11. The molecule has 0 radical (unpaired) electrons. The van der Waals surface area contributed by atoms with Crippen molar-refractivity contribution in [2.24, 2.45) is 0 Å². The molecule has 0 spiro atoms. The van der Waals surface area contributed by atoms with Gasteiger partial charge < -0.3 is 4.74 Å². The number of benzene rings is 2. The SMILES string of the molecule is COc1ccc2ccc(C(=O)C(F)F)cc2c1. The van der Waals surface area contributed by atoms with Crippen molar-refractivity contribution in [3.8, 4) is 5.75 Å². The lowest BCUT2D eigenvalue weighted by Crippen LogP contribution is -2.09. The predicted octanol–water partition coefficient (Wildman–Crippen LogP) is 3.30. The molecule has 88 valence electrons. The summed E-state index contributed by atoms with van der Waals surface area (Å²) in [6.45, 7) is 0. The Morgan fingerprint density at radius 2 is 1.82 bits per heavy atom. The summed E-state index contributed by atoms with van der Waals surface area (Å²) in [7, 11) is 1.52. The number of halogens is 2. The van der Waals surface area contributed by atoms with Crippen LogP contribution >= 0.6 is 0 Å². The minimum Gasteiger partial charge on any atom is -0.497 e. The third kappa shape index (κ3) is 2.25. The van der Waals surface area contributed by atoms with Crippen molar-refractivity contribution in [2.45, 2.75) is 6.43 Å². The van der Waals surface area contributed by atoms with E-state index >= 15 is 0 Å². The molecule has 4 heteroatoms. The third-order valence-electron chi connectivity index (χ3n) is 2.53. The second-order valence-corrected chi connectivity index (χ2v) is 3.59. The van der Waals surface area contributed by atoms with Crippen LogP contribution in [-0.4, -0.2) is 19.3 Å². The predicted molar refractivity (Wildman–Crippen MR) is 60.8 cm³/mol. The number of ether oxygens (including phenoxy) is 1. The lowest BCUT2D eigenvalue weighted by atomic mass is 10.0. The quantitative estimate of drug-likeness (QED) is 0.764. The van der Waals surface area contributed by atoms with Crippen LogP contribution in [0.4, 0.5) is 8.78 Å². The molecule has 0 N–H and O–H groups in total. The van der Waals surface area contributed by atoms with Gasteiger partial charge in [0.15, 0.2) is 0 Å². The highest BCUT2D eigenvalue weighted by Gasteiger charge is 2.17. The van der Waals surface area contributed by atoms with E-state index in [1.807, 2.05) is 6.07 Å². The number of ketones is 1. The largest absolute Gasteiger partial charge is 0.497 e. The lowest BCUT2D eigenvalue weighted by Gasteiger charge is -2.04. The normalized spacial score (nSPS) is 10.8. The Morgan fingerprint density at radius 3 is 2.47 bits per heavy atom. The highest BCUT2D eigenvalue weighted by molar-refractivity contribution is 6.01. The third-order valence-corrected chi connectivity index (χ3v) is 2.53. The number of rotatable bonds is 3. The van der Waals surface area contributed by atoms with Gasteiger partial charge in [0.05, 0.1) is 7.11 Å². The molecule has 0 fully saturated rings. The number of carbonyl (C=O) groups is 1. The van der Waals surface area contributed by atoms with Crippen LogP contribution in [0.5, 0.6) is 5.75 Å². The Kier molecular flexibility index (Phi) is 3.04. The fourth-order valence-electron chi connectivity index (χ4n) is 1.63. The van der Waals surface area contributed by atoms with Gasteiger partial charge in [0.1, 0.15) is 5.75 Å². The van der Waals surface area contributed by atoms with Gasteiger partial charge in [0.2, 0.25) is 5.78 Å². The van der Waals surface area contributed by atoms with Crippen LogP contribution in [0.25, 0.3) is 10.8 Å². The number of Topliss-reactive ketones (excluding diaryl/α,β-unsaturated/α-hetero) is 1. The summed E-state index contributed by atoms with van der Waals surface area (Å²) in [6.07, 6.45) is -2.97. The standard InChI is InChI=1S/C13H10F2O2/c1-17-11-5-4-8-2-3-9(6-10(8)7-11)12(16)13(14)15/h2-7,13H,1H3. The van der Waals surface area contributed by atoms with Crippen LogP contribution in [-0.2, 0) is 0 Å². The molecular formula is C13H10F2O2. The first kappa shape index (κ1) is 11.5. The second kappa shape index (κ2) is 4.49. The number of carbonyl (C=O) groups excluding carboxylic acids is 1. The molecule has 0 unspecified atom stereocenters. The van der Waals surface area contributed by atoms with Gasteiger partial charge in [-0.1, -0.05) is 18.2 Å². The molecule has 0 aliphatic carbocycles. The fourth-order valence-corrected chi connectivity index (χ4v) is 1.63. The molecule has 2 nitrogen and oxygen atoms in total. The highest BCUT2D eigenvalue weighted by Crippen LogP contribution is 2.22. The van der Waals surface area contributed by atoms with E-state index in [4.69, 9.17) is 4.74 Å².